The first kappa shape index (κ1) is 12.0. The predicted octanol–water partition coefficient (Wildman–Crippen LogP) is 1.81. The van der Waals surface area contributed by atoms with Crippen molar-refractivity contribution in [2.45, 2.75) is 26.3 Å². The van der Waals surface area contributed by atoms with E-state index < -0.39 is 0 Å². The SMILES string of the molecule is CCCNC(=O)N1CCc2nc3ccccn3c2C1. The molecule has 0 saturated heterocycles. The van der Waals surface area contributed by atoms with E-state index in [4.69, 9.17) is 0 Å². The van der Waals surface area contributed by atoms with Gasteiger partial charge in [0.05, 0.1) is 17.9 Å². The van der Waals surface area contributed by atoms with Crippen LogP contribution in [0.25, 0.3) is 5.65 Å². The van der Waals surface area contributed by atoms with Crippen LogP contribution in [-0.2, 0) is 13.0 Å². The van der Waals surface area contributed by atoms with Gasteiger partial charge in [-0.1, -0.05) is 13.0 Å². The van der Waals surface area contributed by atoms with E-state index in [1.807, 2.05) is 29.3 Å². The van der Waals surface area contributed by atoms with Crippen molar-refractivity contribution >= 4 is 11.7 Å². The molecule has 0 aromatic carbocycles. The number of hydrogen-bond acceptors (Lipinski definition) is 2. The molecule has 3 rings (SSSR count). The second-order valence-corrected chi connectivity index (χ2v) is 4.84. The fourth-order valence-corrected chi connectivity index (χ4v) is 2.48. The maximum Gasteiger partial charge on any atom is 0.317 e. The third-order valence-electron chi connectivity index (χ3n) is 3.48. The van der Waals surface area contributed by atoms with Gasteiger partial charge < -0.3 is 14.6 Å². The molecule has 0 bridgehead atoms. The molecular weight excluding hydrogens is 240 g/mol. The number of aromatic nitrogens is 2. The van der Waals surface area contributed by atoms with Gasteiger partial charge in [-0.25, -0.2) is 9.78 Å². The largest absolute Gasteiger partial charge is 0.338 e. The summed E-state index contributed by atoms with van der Waals surface area (Å²) >= 11 is 0. The Bertz CT molecular complexity index is 605. The average Bonchev–Trinajstić information content (AvgIpc) is 2.82. The minimum atomic E-state index is 0.0263. The minimum absolute atomic E-state index is 0.0263. The summed E-state index contributed by atoms with van der Waals surface area (Å²) in [5.41, 5.74) is 3.21. The minimum Gasteiger partial charge on any atom is -0.338 e. The molecule has 0 aliphatic carbocycles. The molecule has 0 atom stereocenters. The molecule has 2 aromatic heterocycles. The molecule has 5 nitrogen and oxygen atoms in total. The fourth-order valence-electron chi connectivity index (χ4n) is 2.48. The number of carbonyl (C=O) groups is 1. The van der Waals surface area contributed by atoms with Gasteiger partial charge in [0.1, 0.15) is 5.65 Å². The van der Waals surface area contributed by atoms with Gasteiger partial charge in [-0.3, -0.25) is 0 Å². The van der Waals surface area contributed by atoms with Gasteiger partial charge in [-0.15, -0.1) is 0 Å². The van der Waals surface area contributed by atoms with Crippen LogP contribution in [0.3, 0.4) is 0 Å². The third-order valence-corrected chi connectivity index (χ3v) is 3.48. The van der Waals surface area contributed by atoms with Gasteiger partial charge in [0.15, 0.2) is 0 Å². The number of fused-ring (bicyclic) bond motifs is 3. The Labute approximate surface area is 112 Å². The Kier molecular flexibility index (Phi) is 3.11. The van der Waals surface area contributed by atoms with Crippen LogP contribution in [0.5, 0.6) is 0 Å². The van der Waals surface area contributed by atoms with Crippen LogP contribution in [0.2, 0.25) is 0 Å². The summed E-state index contributed by atoms with van der Waals surface area (Å²) in [7, 11) is 0. The van der Waals surface area contributed by atoms with E-state index in [9.17, 15) is 4.79 Å². The van der Waals surface area contributed by atoms with Crippen molar-refractivity contribution in [3.05, 3.63) is 35.8 Å². The number of rotatable bonds is 2. The van der Waals surface area contributed by atoms with E-state index in [1.165, 1.54) is 0 Å². The smallest absolute Gasteiger partial charge is 0.317 e. The number of imidazole rings is 1. The molecule has 0 radical (unpaired) electrons. The Morgan fingerprint density at radius 3 is 3.21 bits per heavy atom. The van der Waals surface area contributed by atoms with E-state index in [-0.39, 0.29) is 6.03 Å². The monoisotopic (exact) mass is 258 g/mol. The van der Waals surface area contributed by atoms with Crippen molar-refractivity contribution < 1.29 is 4.79 Å². The van der Waals surface area contributed by atoms with E-state index in [0.717, 1.165) is 43.0 Å². The van der Waals surface area contributed by atoms with Crippen LogP contribution in [-0.4, -0.2) is 33.4 Å². The molecule has 2 aromatic rings. The van der Waals surface area contributed by atoms with Crippen LogP contribution in [0, 0.1) is 0 Å². The van der Waals surface area contributed by atoms with Crippen molar-refractivity contribution in [3.63, 3.8) is 0 Å². The van der Waals surface area contributed by atoms with E-state index >= 15 is 0 Å². The number of nitrogens with one attached hydrogen (secondary N) is 1. The molecule has 100 valence electrons. The molecule has 19 heavy (non-hydrogen) atoms. The van der Waals surface area contributed by atoms with Crippen molar-refractivity contribution in [3.8, 4) is 0 Å². The first-order valence-corrected chi connectivity index (χ1v) is 6.77. The Hall–Kier alpha value is -2.04. The topological polar surface area (TPSA) is 49.6 Å². The summed E-state index contributed by atoms with van der Waals surface area (Å²) in [6.07, 6.45) is 3.80. The number of hydrogen-bond donors (Lipinski definition) is 1. The maximum atomic E-state index is 12.0. The quantitative estimate of drug-likeness (QED) is 0.893. The van der Waals surface area contributed by atoms with Gasteiger partial charge in [-0.05, 0) is 18.6 Å². The molecule has 5 heteroatoms. The Morgan fingerprint density at radius 2 is 2.37 bits per heavy atom. The van der Waals surface area contributed by atoms with Crippen LogP contribution in [0.4, 0.5) is 4.79 Å². The molecule has 0 spiro atoms. The first-order chi connectivity index (χ1) is 9.29. The number of carbonyl (C=O) groups excluding carboxylic acids is 1. The zero-order valence-corrected chi connectivity index (χ0v) is 11.1. The second kappa shape index (κ2) is 4.91. The molecule has 0 unspecified atom stereocenters. The van der Waals surface area contributed by atoms with E-state index in [2.05, 4.69) is 21.6 Å². The summed E-state index contributed by atoms with van der Waals surface area (Å²) in [5.74, 6) is 0. The predicted molar refractivity (Wildman–Crippen MR) is 73.0 cm³/mol. The highest BCUT2D eigenvalue weighted by molar-refractivity contribution is 5.74. The van der Waals surface area contributed by atoms with Gasteiger partial charge in [-0.2, -0.15) is 0 Å². The first-order valence-electron chi connectivity index (χ1n) is 6.77. The van der Waals surface area contributed by atoms with Gasteiger partial charge in [0.25, 0.3) is 0 Å². The Morgan fingerprint density at radius 1 is 1.47 bits per heavy atom. The lowest BCUT2D eigenvalue weighted by Gasteiger charge is -2.26. The molecule has 1 aliphatic rings. The fraction of sp³-hybridized carbons (Fsp3) is 0.429. The van der Waals surface area contributed by atoms with Gasteiger partial charge in [0.2, 0.25) is 0 Å². The summed E-state index contributed by atoms with van der Waals surface area (Å²) in [4.78, 5) is 18.5. The van der Waals surface area contributed by atoms with Crippen LogP contribution in [0.15, 0.2) is 24.4 Å². The average molecular weight is 258 g/mol. The number of nitrogens with zero attached hydrogens (tertiary/aromatic N) is 3. The zero-order chi connectivity index (χ0) is 13.2. The molecule has 1 N–H and O–H groups in total. The lowest BCUT2D eigenvalue weighted by molar-refractivity contribution is 0.191. The van der Waals surface area contributed by atoms with Crippen LogP contribution in [0.1, 0.15) is 24.7 Å². The standard InChI is InChI=1S/C14H18N4O/c1-2-7-15-14(19)17-9-6-11-12(10-17)18-8-4-3-5-13(18)16-11/h3-5,8H,2,6-7,9-10H2,1H3,(H,15,19). The molecule has 0 fully saturated rings. The lowest BCUT2D eigenvalue weighted by atomic mass is 10.1. The van der Waals surface area contributed by atoms with Crippen molar-refractivity contribution in [1.82, 2.24) is 19.6 Å². The summed E-state index contributed by atoms with van der Waals surface area (Å²) in [6, 6.07) is 6.00. The van der Waals surface area contributed by atoms with Gasteiger partial charge >= 0.3 is 6.03 Å². The molecular formula is C14H18N4O. The number of pyridine rings is 1. The van der Waals surface area contributed by atoms with Crippen molar-refractivity contribution in [2.75, 3.05) is 13.1 Å². The Balaban J connectivity index is 1.84. The zero-order valence-electron chi connectivity index (χ0n) is 11.1. The lowest BCUT2D eigenvalue weighted by Crippen LogP contribution is -2.43. The van der Waals surface area contributed by atoms with Crippen molar-refractivity contribution in [2.24, 2.45) is 0 Å². The third kappa shape index (κ3) is 2.16. The van der Waals surface area contributed by atoms with Gasteiger partial charge in [0, 0.05) is 25.7 Å². The molecule has 3 heterocycles. The van der Waals surface area contributed by atoms with Crippen LogP contribution < -0.4 is 5.32 Å². The van der Waals surface area contributed by atoms with Crippen LogP contribution >= 0.6 is 0 Å². The van der Waals surface area contributed by atoms with E-state index in [0.29, 0.717) is 6.54 Å². The normalized spacial score (nSPS) is 14.5. The van der Waals surface area contributed by atoms with E-state index in [1.54, 1.807) is 0 Å². The summed E-state index contributed by atoms with van der Waals surface area (Å²) < 4.78 is 2.08. The maximum absolute atomic E-state index is 12.0. The number of amides is 2. The summed E-state index contributed by atoms with van der Waals surface area (Å²) in [5, 5.41) is 2.93. The molecule has 1 aliphatic heterocycles. The highest BCUT2D eigenvalue weighted by atomic mass is 16.2. The molecule has 2 amide bonds. The second-order valence-electron chi connectivity index (χ2n) is 4.84. The summed E-state index contributed by atoms with van der Waals surface area (Å²) in [6.45, 7) is 4.16. The molecule has 0 saturated carbocycles. The van der Waals surface area contributed by atoms with Crippen molar-refractivity contribution in [1.29, 1.82) is 0 Å². The highest BCUT2D eigenvalue weighted by Crippen LogP contribution is 2.20. The number of urea groups is 1. The highest BCUT2D eigenvalue weighted by Gasteiger charge is 2.24.